The Morgan fingerprint density at radius 1 is 1.20 bits per heavy atom. The highest BCUT2D eigenvalue weighted by atomic mass is 16.5. The molecule has 1 amide bonds. The fourth-order valence-corrected chi connectivity index (χ4v) is 1.47. The average Bonchev–Trinajstić information content (AvgIpc) is 2.28. The Morgan fingerprint density at radius 3 is 3.00 bits per heavy atom. The molecular formula is C12H13NO2. The number of nitrogens with one attached hydrogen (secondary N) is 1. The summed E-state index contributed by atoms with van der Waals surface area (Å²) in [6.45, 7) is 1.19. The van der Waals surface area contributed by atoms with E-state index in [1.807, 2.05) is 30.4 Å². The van der Waals surface area contributed by atoms with Crippen LogP contribution in [-0.2, 0) is 0 Å². The number of fused-ring (bicyclic) bond motifs is 1. The van der Waals surface area contributed by atoms with Crippen molar-refractivity contribution in [2.24, 2.45) is 0 Å². The van der Waals surface area contributed by atoms with Gasteiger partial charge in [-0.2, -0.15) is 0 Å². The quantitative estimate of drug-likeness (QED) is 0.652. The molecule has 1 N–H and O–H groups in total. The molecule has 0 radical (unpaired) electrons. The second kappa shape index (κ2) is 4.64. The van der Waals surface area contributed by atoms with Crippen LogP contribution in [0.2, 0.25) is 0 Å². The fourth-order valence-electron chi connectivity index (χ4n) is 1.47. The van der Waals surface area contributed by atoms with Crippen molar-refractivity contribution in [1.82, 2.24) is 5.32 Å². The Morgan fingerprint density at radius 2 is 2.07 bits per heavy atom. The van der Waals surface area contributed by atoms with E-state index in [4.69, 9.17) is 4.74 Å². The molecular weight excluding hydrogens is 190 g/mol. The van der Waals surface area contributed by atoms with Crippen LogP contribution >= 0.6 is 0 Å². The summed E-state index contributed by atoms with van der Waals surface area (Å²) in [6.07, 6.45) is 4.81. The van der Waals surface area contributed by atoms with E-state index in [0.717, 1.165) is 6.42 Å². The van der Waals surface area contributed by atoms with Gasteiger partial charge in [0.2, 0.25) is 0 Å². The van der Waals surface area contributed by atoms with Crippen molar-refractivity contribution in [3.05, 3.63) is 42.0 Å². The van der Waals surface area contributed by atoms with Crippen LogP contribution in [0.1, 0.15) is 16.8 Å². The number of ether oxygens (including phenoxy) is 1. The monoisotopic (exact) mass is 203 g/mol. The first-order chi connectivity index (χ1) is 7.38. The highest BCUT2D eigenvalue weighted by Gasteiger charge is 2.11. The minimum atomic E-state index is -0.0860. The third-order valence-electron chi connectivity index (χ3n) is 2.22. The summed E-state index contributed by atoms with van der Waals surface area (Å²) in [7, 11) is 0. The molecule has 3 heteroatoms. The summed E-state index contributed by atoms with van der Waals surface area (Å²) in [5, 5.41) is 2.80. The van der Waals surface area contributed by atoms with Crippen molar-refractivity contribution < 1.29 is 9.53 Å². The largest absolute Gasteiger partial charge is 0.492 e. The Labute approximate surface area is 88.8 Å². The van der Waals surface area contributed by atoms with Crippen molar-refractivity contribution in [2.75, 3.05) is 13.2 Å². The molecule has 1 aliphatic rings. The maximum absolute atomic E-state index is 11.7. The number of para-hydroxylation sites is 1. The van der Waals surface area contributed by atoms with E-state index < -0.39 is 0 Å². The van der Waals surface area contributed by atoms with Gasteiger partial charge in [0.25, 0.3) is 5.91 Å². The van der Waals surface area contributed by atoms with Gasteiger partial charge in [-0.15, -0.1) is 0 Å². The van der Waals surface area contributed by atoms with E-state index in [0.29, 0.717) is 24.5 Å². The van der Waals surface area contributed by atoms with Gasteiger partial charge >= 0.3 is 0 Å². The fraction of sp³-hybridized carbons (Fsp3) is 0.250. The van der Waals surface area contributed by atoms with Crippen molar-refractivity contribution in [2.45, 2.75) is 6.42 Å². The lowest BCUT2D eigenvalue weighted by Crippen LogP contribution is -2.24. The Balaban J connectivity index is 2.27. The van der Waals surface area contributed by atoms with Crippen LogP contribution in [0, 0.1) is 0 Å². The van der Waals surface area contributed by atoms with Gasteiger partial charge in [-0.25, -0.2) is 0 Å². The van der Waals surface area contributed by atoms with E-state index in [9.17, 15) is 4.79 Å². The summed E-state index contributed by atoms with van der Waals surface area (Å²) < 4.78 is 5.52. The standard InChI is InChI=1S/C12H13NO2/c14-12-10-6-2-3-7-11(10)15-9-5-1-4-8-13-12/h1-4,6-7H,5,8-9H2,(H,13,14)/b4-1-. The lowest BCUT2D eigenvalue weighted by atomic mass is 10.2. The lowest BCUT2D eigenvalue weighted by Gasteiger charge is -2.11. The van der Waals surface area contributed by atoms with Gasteiger partial charge in [0.1, 0.15) is 5.75 Å². The first-order valence-corrected chi connectivity index (χ1v) is 5.03. The molecule has 15 heavy (non-hydrogen) atoms. The zero-order valence-corrected chi connectivity index (χ0v) is 8.40. The zero-order valence-electron chi connectivity index (χ0n) is 8.40. The number of hydrogen-bond acceptors (Lipinski definition) is 2. The third kappa shape index (κ3) is 2.37. The molecule has 0 bridgehead atoms. The number of hydrogen-bond donors (Lipinski definition) is 1. The minimum Gasteiger partial charge on any atom is -0.492 e. The molecule has 2 rings (SSSR count). The SMILES string of the molecule is O=C1NC/C=C\CCOc2ccccc21. The molecule has 0 saturated carbocycles. The molecule has 3 nitrogen and oxygen atoms in total. The Bertz CT molecular complexity index is 385. The smallest absolute Gasteiger partial charge is 0.255 e. The van der Waals surface area contributed by atoms with E-state index in [2.05, 4.69) is 5.32 Å². The van der Waals surface area contributed by atoms with E-state index in [1.54, 1.807) is 6.07 Å². The van der Waals surface area contributed by atoms with Crippen molar-refractivity contribution in [3.63, 3.8) is 0 Å². The maximum atomic E-state index is 11.7. The van der Waals surface area contributed by atoms with Crippen molar-refractivity contribution in [1.29, 1.82) is 0 Å². The lowest BCUT2D eigenvalue weighted by molar-refractivity contribution is 0.0953. The molecule has 1 aromatic rings. The highest BCUT2D eigenvalue weighted by Crippen LogP contribution is 2.18. The van der Waals surface area contributed by atoms with Crippen LogP contribution in [0.3, 0.4) is 0 Å². The Hall–Kier alpha value is -1.77. The molecule has 0 unspecified atom stereocenters. The first kappa shape index (κ1) is 9.77. The normalized spacial score (nSPS) is 18.3. The van der Waals surface area contributed by atoms with E-state index in [-0.39, 0.29) is 5.91 Å². The van der Waals surface area contributed by atoms with Crippen LogP contribution in [-0.4, -0.2) is 19.1 Å². The zero-order chi connectivity index (χ0) is 10.5. The number of benzene rings is 1. The third-order valence-corrected chi connectivity index (χ3v) is 2.22. The number of amides is 1. The molecule has 0 aromatic heterocycles. The predicted molar refractivity (Wildman–Crippen MR) is 58.0 cm³/mol. The maximum Gasteiger partial charge on any atom is 0.255 e. The van der Waals surface area contributed by atoms with E-state index in [1.165, 1.54) is 0 Å². The van der Waals surface area contributed by atoms with Crippen LogP contribution in [0.4, 0.5) is 0 Å². The number of carbonyl (C=O) groups excluding carboxylic acids is 1. The average molecular weight is 203 g/mol. The summed E-state index contributed by atoms with van der Waals surface area (Å²) in [5.41, 5.74) is 0.604. The van der Waals surface area contributed by atoms with Gasteiger partial charge in [-0.1, -0.05) is 24.3 Å². The summed E-state index contributed by atoms with van der Waals surface area (Å²) in [5.74, 6) is 0.572. The van der Waals surface area contributed by atoms with Crippen molar-refractivity contribution in [3.8, 4) is 5.75 Å². The predicted octanol–water partition coefficient (Wildman–Crippen LogP) is 1.76. The summed E-state index contributed by atoms with van der Waals surface area (Å²) in [6, 6.07) is 7.30. The minimum absolute atomic E-state index is 0.0860. The van der Waals surface area contributed by atoms with Gasteiger partial charge in [-0.05, 0) is 18.6 Å². The summed E-state index contributed by atoms with van der Waals surface area (Å²) in [4.78, 5) is 11.7. The number of rotatable bonds is 0. The molecule has 0 aliphatic carbocycles. The molecule has 0 atom stereocenters. The molecule has 1 heterocycles. The summed E-state index contributed by atoms with van der Waals surface area (Å²) >= 11 is 0. The van der Waals surface area contributed by atoms with E-state index >= 15 is 0 Å². The molecule has 0 spiro atoms. The van der Waals surface area contributed by atoms with Gasteiger partial charge < -0.3 is 10.1 Å². The van der Waals surface area contributed by atoms with Gasteiger partial charge in [0, 0.05) is 6.54 Å². The topological polar surface area (TPSA) is 38.3 Å². The van der Waals surface area contributed by atoms with Crippen LogP contribution < -0.4 is 10.1 Å². The molecule has 78 valence electrons. The van der Waals surface area contributed by atoms with Gasteiger partial charge in [0.15, 0.2) is 0 Å². The molecule has 0 saturated heterocycles. The number of carbonyl (C=O) groups is 1. The second-order valence-electron chi connectivity index (χ2n) is 3.31. The Kier molecular flexibility index (Phi) is 3.02. The molecule has 0 fully saturated rings. The van der Waals surface area contributed by atoms with Crippen LogP contribution in [0.5, 0.6) is 5.75 Å². The highest BCUT2D eigenvalue weighted by molar-refractivity contribution is 5.96. The first-order valence-electron chi connectivity index (χ1n) is 5.03. The second-order valence-corrected chi connectivity index (χ2v) is 3.31. The van der Waals surface area contributed by atoms with Crippen LogP contribution in [0.15, 0.2) is 36.4 Å². The molecule has 1 aromatic carbocycles. The molecule has 1 aliphatic heterocycles. The van der Waals surface area contributed by atoms with Gasteiger partial charge in [-0.3, -0.25) is 4.79 Å². The van der Waals surface area contributed by atoms with Gasteiger partial charge in [0.05, 0.1) is 12.2 Å². The van der Waals surface area contributed by atoms with Crippen molar-refractivity contribution >= 4 is 5.91 Å². The van der Waals surface area contributed by atoms with Crippen LogP contribution in [0.25, 0.3) is 0 Å².